The predicted molar refractivity (Wildman–Crippen MR) is 133 cm³/mol. The second kappa shape index (κ2) is 12.8. The van der Waals surface area contributed by atoms with Gasteiger partial charge in [-0.1, -0.05) is 23.4 Å². The number of nitrogens with two attached hydrogens (primary N) is 1. The molecule has 0 saturated heterocycles. The topological polar surface area (TPSA) is 155 Å². The first-order chi connectivity index (χ1) is 18.5. The van der Waals surface area contributed by atoms with Gasteiger partial charge in [0.15, 0.2) is 11.5 Å². The number of Topliss-reactive ketones (excluding diaryl/α,β-unsaturated/α-hetero) is 1. The van der Waals surface area contributed by atoms with E-state index >= 15 is 0 Å². The number of aliphatic carboxylic acids is 1. The Morgan fingerprint density at radius 3 is 2.59 bits per heavy atom. The number of fused-ring (bicyclic) bond motifs is 1. The Kier molecular flexibility index (Phi) is 9.55. The maximum atomic E-state index is 11.9. The summed E-state index contributed by atoms with van der Waals surface area (Å²) in [7, 11) is 1.61. The van der Waals surface area contributed by atoms with Crippen molar-refractivity contribution in [3.05, 3.63) is 72.2 Å². The molecular formula is C26H25F3N4O6. The SMILES string of the molecule is COc1cc2nc(C)ccc2cc1-c1cnc(C(N)C/C=C/CCC(=O)c2ccon2)o1.O=C(O)C(F)(F)F. The number of carboxylic acid groups (broad SMARTS) is 1. The number of benzene rings is 1. The third-order valence-electron chi connectivity index (χ3n) is 5.32. The summed E-state index contributed by atoms with van der Waals surface area (Å²) < 4.78 is 47.9. The van der Waals surface area contributed by atoms with Crippen molar-refractivity contribution in [2.45, 2.75) is 38.4 Å². The van der Waals surface area contributed by atoms with E-state index in [4.69, 9.17) is 24.8 Å². The maximum absolute atomic E-state index is 11.9. The van der Waals surface area contributed by atoms with Crippen LogP contribution in [-0.2, 0) is 4.79 Å². The number of aromatic nitrogens is 3. The Morgan fingerprint density at radius 2 is 1.95 bits per heavy atom. The summed E-state index contributed by atoms with van der Waals surface area (Å²) in [5.74, 6) is -1.14. The molecule has 0 amide bonds. The predicted octanol–water partition coefficient (Wildman–Crippen LogP) is 5.44. The first-order valence-electron chi connectivity index (χ1n) is 11.6. The quantitative estimate of drug-likeness (QED) is 0.205. The highest BCUT2D eigenvalue weighted by molar-refractivity contribution is 5.94. The lowest BCUT2D eigenvalue weighted by Gasteiger charge is -2.09. The van der Waals surface area contributed by atoms with Gasteiger partial charge in [0.05, 0.1) is 30.4 Å². The largest absolute Gasteiger partial charge is 0.496 e. The fraction of sp³-hybridized carbons (Fsp3) is 0.269. The van der Waals surface area contributed by atoms with E-state index in [0.717, 1.165) is 22.2 Å². The van der Waals surface area contributed by atoms with Crippen LogP contribution in [0.1, 0.15) is 47.4 Å². The minimum absolute atomic E-state index is 0.0558. The van der Waals surface area contributed by atoms with Crippen LogP contribution in [0.25, 0.3) is 22.2 Å². The van der Waals surface area contributed by atoms with Crippen LogP contribution >= 0.6 is 0 Å². The minimum Gasteiger partial charge on any atom is -0.496 e. The molecule has 1 atom stereocenters. The Morgan fingerprint density at radius 1 is 1.21 bits per heavy atom. The number of carboxylic acids is 1. The summed E-state index contributed by atoms with van der Waals surface area (Å²) in [6, 6.07) is 9.00. The Hall–Kier alpha value is -4.52. The third kappa shape index (κ3) is 7.98. The molecule has 0 aliphatic heterocycles. The van der Waals surface area contributed by atoms with E-state index in [9.17, 15) is 18.0 Å². The minimum atomic E-state index is -5.08. The number of ketones is 1. The molecule has 0 fully saturated rings. The number of aryl methyl sites for hydroxylation is 1. The van der Waals surface area contributed by atoms with Gasteiger partial charge in [-0.15, -0.1) is 0 Å². The summed E-state index contributed by atoms with van der Waals surface area (Å²) in [5, 5.41) is 11.7. The van der Waals surface area contributed by atoms with Crippen molar-refractivity contribution in [1.29, 1.82) is 0 Å². The smallest absolute Gasteiger partial charge is 0.490 e. The van der Waals surface area contributed by atoms with Gasteiger partial charge >= 0.3 is 12.1 Å². The maximum Gasteiger partial charge on any atom is 0.490 e. The molecule has 0 aliphatic carbocycles. The Bertz CT molecular complexity index is 1450. The van der Waals surface area contributed by atoms with Crippen LogP contribution in [0.3, 0.4) is 0 Å². The Labute approximate surface area is 220 Å². The van der Waals surface area contributed by atoms with Crippen LogP contribution in [0.5, 0.6) is 5.75 Å². The van der Waals surface area contributed by atoms with Crippen molar-refractivity contribution < 1.29 is 41.5 Å². The summed E-state index contributed by atoms with van der Waals surface area (Å²) in [4.78, 5) is 29.7. The number of nitrogens with zero attached hydrogens (tertiary/aromatic N) is 3. The summed E-state index contributed by atoms with van der Waals surface area (Å²) in [6.45, 7) is 1.95. The number of carbonyl (C=O) groups is 2. The lowest BCUT2D eigenvalue weighted by atomic mass is 10.1. The molecule has 13 heteroatoms. The lowest BCUT2D eigenvalue weighted by Crippen LogP contribution is -2.21. The zero-order valence-electron chi connectivity index (χ0n) is 20.9. The van der Waals surface area contributed by atoms with E-state index in [1.165, 1.54) is 6.26 Å². The highest BCUT2D eigenvalue weighted by Crippen LogP contribution is 2.35. The molecule has 3 heterocycles. The van der Waals surface area contributed by atoms with Gasteiger partial charge in [0.25, 0.3) is 0 Å². The van der Waals surface area contributed by atoms with Gasteiger partial charge in [0.1, 0.15) is 17.7 Å². The molecule has 0 radical (unpaired) electrons. The number of methoxy groups -OCH3 is 1. The fourth-order valence-electron chi connectivity index (χ4n) is 3.36. The van der Waals surface area contributed by atoms with E-state index < -0.39 is 18.2 Å². The number of carbonyl (C=O) groups excluding carboxylic acids is 1. The van der Waals surface area contributed by atoms with Crippen LogP contribution in [0.4, 0.5) is 13.2 Å². The second-order valence-electron chi connectivity index (χ2n) is 8.22. The molecule has 3 aromatic heterocycles. The number of hydrogen-bond acceptors (Lipinski definition) is 9. The van der Waals surface area contributed by atoms with Gasteiger partial charge < -0.3 is 24.5 Å². The van der Waals surface area contributed by atoms with Crippen molar-refractivity contribution >= 4 is 22.7 Å². The molecule has 206 valence electrons. The van der Waals surface area contributed by atoms with Gasteiger partial charge in [-0.25, -0.2) is 9.78 Å². The van der Waals surface area contributed by atoms with Gasteiger partial charge in [0.2, 0.25) is 5.89 Å². The van der Waals surface area contributed by atoms with E-state index in [1.54, 1.807) is 19.4 Å². The number of hydrogen-bond donors (Lipinski definition) is 2. The Balaban J connectivity index is 0.000000532. The van der Waals surface area contributed by atoms with Crippen molar-refractivity contribution in [2.24, 2.45) is 5.73 Å². The molecule has 3 N–H and O–H groups in total. The van der Waals surface area contributed by atoms with Gasteiger partial charge in [0, 0.05) is 29.6 Å². The highest BCUT2D eigenvalue weighted by Gasteiger charge is 2.38. The van der Waals surface area contributed by atoms with Crippen LogP contribution in [0, 0.1) is 6.92 Å². The summed E-state index contributed by atoms with van der Waals surface area (Å²) in [5.41, 5.74) is 9.18. The van der Waals surface area contributed by atoms with Crippen molar-refractivity contribution in [2.75, 3.05) is 7.11 Å². The summed E-state index contributed by atoms with van der Waals surface area (Å²) >= 11 is 0. The molecular weight excluding hydrogens is 521 g/mol. The number of ether oxygens (including phenoxy) is 1. The molecule has 4 aromatic rings. The molecule has 0 saturated carbocycles. The van der Waals surface area contributed by atoms with Crippen molar-refractivity contribution in [3.8, 4) is 17.1 Å². The average molecular weight is 547 g/mol. The van der Waals surface area contributed by atoms with Gasteiger partial charge in [-0.3, -0.25) is 9.78 Å². The number of oxazole rings is 1. The van der Waals surface area contributed by atoms with Crippen LogP contribution in [-0.4, -0.2) is 45.3 Å². The van der Waals surface area contributed by atoms with E-state index in [0.29, 0.717) is 42.4 Å². The molecule has 0 spiro atoms. The highest BCUT2D eigenvalue weighted by atomic mass is 19.4. The molecule has 0 aliphatic rings. The first-order valence-corrected chi connectivity index (χ1v) is 11.6. The molecule has 1 unspecified atom stereocenters. The van der Waals surface area contributed by atoms with Gasteiger partial charge in [-0.2, -0.15) is 13.2 Å². The van der Waals surface area contributed by atoms with E-state index in [-0.39, 0.29) is 5.78 Å². The normalized spacial score (nSPS) is 12.3. The number of pyridine rings is 1. The van der Waals surface area contributed by atoms with E-state index in [2.05, 4.69) is 19.6 Å². The van der Waals surface area contributed by atoms with Gasteiger partial charge in [-0.05, 0) is 31.9 Å². The van der Waals surface area contributed by atoms with Crippen LogP contribution in [0.15, 0.2) is 63.9 Å². The lowest BCUT2D eigenvalue weighted by molar-refractivity contribution is -0.192. The first kappa shape index (κ1) is 29.0. The summed E-state index contributed by atoms with van der Waals surface area (Å²) in [6.07, 6.45) is 3.29. The van der Waals surface area contributed by atoms with E-state index in [1.807, 2.05) is 43.3 Å². The fourth-order valence-corrected chi connectivity index (χ4v) is 3.36. The monoisotopic (exact) mass is 546 g/mol. The molecule has 39 heavy (non-hydrogen) atoms. The zero-order chi connectivity index (χ0) is 28.6. The number of rotatable bonds is 9. The van der Waals surface area contributed by atoms with Crippen LogP contribution < -0.4 is 10.5 Å². The average Bonchev–Trinajstić information content (AvgIpc) is 3.60. The van der Waals surface area contributed by atoms with Crippen molar-refractivity contribution in [1.82, 2.24) is 15.1 Å². The molecule has 1 aromatic carbocycles. The molecule has 0 bridgehead atoms. The molecule has 4 rings (SSSR count). The third-order valence-corrected chi connectivity index (χ3v) is 5.32. The number of allylic oxidation sites excluding steroid dienone is 1. The second-order valence-corrected chi connectivity index (χ2v) is 8.22. The standard InChI is InChI=1S/C24H24N4O4.C2HF3O2/c1-15-8-9-16-12-17(22(30-2)13-20(16)27-15)23-14-26-24(32-23)18(25)6-4-3-5-7-21(29)19-10-11-31-28-19;3-2(4,5)1(6)7/h3-4,8-14,18H,5-7,25H2,1-2H3;(H,6,7)/b4-3+;. The molecule has 10 nitrogen and oxygen atoms in total. The van der Waals surface area contributed by atoms with Crippen LogP contribution in [0.2, 0.25) is 0 Å². The number of halogens is 3. The van der Waals surface area contributed by atoms with Crippen molar-refractivity contribution in [3.63, 3.8) is 0 Å². The zero-order valence-corrected chi connectivity index (χ0v) is 20.9. The number of alkyl halides is 3.